The molecule has 2 aromatic rings. The van der Waals surface area contributed by atoms with Gasteiger partial charge >= 0.3 is 0 Å². The zero-order valence-electron chi connectivity index (χ0n) is 25.0. The summed E-state index contributed by atoms with van der Waals surface area (Å²) in [5.41, 5.74) is 2.38. The molecule has 3 radical (unpaired) electrons. The Morgan fingerprint density at radius 1 is 0.636 bits per heavy atom. The van der Waals surface area contributed by atoms with E-state index >= 15 is 0 Å². The molecular weight excluding hydrogens is 403 g/mol. The van der Waals surface area contributed by atoms with Crippen LogP contribution in [0.1, 0.15) is 144 Å². The van der Waals surface area contributed by atoms with Crippen molar-refractivity contribution < 1.29 is 0 Å². The van der Waals surface area contributed by atoms with Crippen molar-refractivity contribution in [1.29, 1.82) is 0 Å². The second-order valence-electron chi connectivity index (χ2n) is 11.2. The maximum atomic E-state index is 4.49. The molecule has 33 heavy (non-hydrogen) atoms. The van der Waals surface area contributed by atoms with Gasteiger partial charge in [0.2, 0.25) is 0 Å². The van der Waals surface area contributed by atoms with E-state index in [9.17, 15) is 0 Å². The van der Waals surface area contributed by atoms with E-state index in [0.29, 0.717) is 23.9 Å². The number of hydrogen-bond donors (Lipinski definition) is 0. The minimum atomic E-state index is 0. The third-order valence-corrected chi connectivity index (χ3v) is 4.00. The first-order valence-corrected chi connectivity index (χ1v) is 12.6. The Bertz CT molecular complexity index is 677. The molecule has 0 aliphatic carbocycles. The highest BCUT2D eigenvalue weighted by Gasteiger charge is 2.12. The van der Waals surface area contributed by atoms with Crippen molar-refractivity contribution in [3.8, 4) is 0 Å². The number of aryl methyl sites for hydroxylation is 2. The van der Waals surface area contributed by atoms with Crippen LogP contribution < -0.4 is 0 Å². The lowest BCUT2D eigenvalue weighted by atomic mass is 10.2. The van der Waals surface area contributed by atoms with E-state index in [0.717, 1.165) is 17.5 Å². The summed E-state index contributed by atoms with van der Waals surface area (Å²) in [6.07, 6.45) is 4.08. The Labute approximate surface area is 209 Å². The first-order chi connectivity index (χ1) is 14.5. The molecule has 0 aliphatic heterocycles. The normalized spacial score (nSPS) is 10.6. The number of aromatic nitrogens is 4. The van der Waals surface area contributed by atoms with Gasteiger partial charge in [-0.15, -0.1) is 0 Å². The molecule has 0 amide bonds. The zero-order chi connectivity index (χ0) is 25.8. The number of hydrogen-bond acceptors (Lipinski definition) is 2. The highest BCUT2D eigenvalue weighted by atomic mass is 15.1. The molecule has 5 heteroatoms. The molecule has 2 rings (SSSR count). The van der Waals surface area contributed by atoms with Crippen molar-refractivity contribution in [2.24, 2.45) is 11.8 Å². The second-order valence-corrected chi connectivity index (χ2v) is 11.2. The molecule has 2 heterocycles. The van der Waals surface area contributed by atoms with Gasteiger partial charge in [0.25, 0.3) is 0 Å². The van der Waals surface area contributed by atoms with Crippen LogP contribution in [0.4, 0.5) is 0 Å². The quantitative estimate of drug-likeness (QED) is 0.429. The minimum Gasteiger partial charge on any atom is -0.332 e. The van der Waals surface area contributed by atoms with Crippen molar-refractivity contribution in [1.82, 2.24) is 19.1 Å². The summed E-state index contributed by atoms with van der Waals surface area (Å²) < 4.78 is 4.55. The number of rotatable bonds is 4. The predicted octanol–water partition coefficient (Wildman–Crippen LogP) is 8.74. The van der Waals surface area contributed by atoms with E-state index in [2.05, 4.69) is 129 Å². The van der Waals surface area contributed by atoms with Gasteiger partial charge in [0.1, 0.15) is 11.6 Å². The molecular formula is C28H56BN4. The van der Waals surface area contributed by atoms with E-state index in [1.54, 1.807) is 0 Å². The maximum Gasteiger partial charge on any atom is 0.111 e. The van der Waals surface area contributed by atoms with Gasteiger partial charge in [-0.2, -0.15) is 0 Å². The molecule has 0 unspecified atom stereocenters. The molecule has 0 fully saturated rings. The van der Waals surface area contributed by atoms with Crippen molar-refractivity contribution in [3.05, 3.63) is 35.4 Å². The van der Waals surface area contributed by atoms with Crippen molar-refractivity contribution in [2.45, 2.75) is 135 Å². The Morgan fingerprint density at radius 2 is 1.03 bits per heavy atom. The lowest BCUT2D eigenvalue weighted by Gasteiger charge is -2.15. The van der Waals surface area contributed by atoms with Gasteiger partial charge in [-0.3, -0.25) is 0 Å². The molecule has 0 saturated heterocycles. The summed E-state index contributed by atoms with van der Waals surface area (Å²) in [6.45, 7) is 34.6. The van der Waals surface area contributed by atoms with Crippen molar-refractivity contribution in [3.63, 3.8) is 0 Å². The van der Waals surface area contributed by atoms with Gasteiger partial charge in [-0.25, -0.2) is 9.97 Å². The summed E-state index contributed by atoms with van der Waals surface area (Å²) in [6, 6.07) is 1.04. The third-order valence-electron chi connectivity index (χ3n) is 4.00. The Kier molecular flexibility index (Phi) is 19.6. The maximum absolute atomic E-state index is 4.49. The summed E-state index contributed by atoms with van der Waals surface area (Å²) in [4.78, 5) is 8.89. The minimum absolute atomic E-state index is 0. The fourth-order valence-electron chi connectivity index (χ4n) is 2.94. The summed E-state index contributed by atoms with van der Waals surface area (Å²) in [5.74, 6) is 5.09. The SMILES string of the molecule is CC(C)C.CC(C)C.Cc1cn(C(C)C)c(C(C)C)n1.Cc1cnc(C(C)C)n1C(C)C.[B]. The van der Waals surface area contributed by atoms with Crippen LogP contribution in [0.15, 0.2) is 12.4 Å². The average Bonchev–Trinajstić information content (AvgIpc) is 3.17. The van der Waals surface area contributed by atoms with Gasteiger partial charge in [-0.1, -0.05) is 69.2 Å². The van der Waals surface area contributed by atoms with E-state index in [4.69, 9.17) is 0 Å². The third kappa shape index (κ3) is 15.9. The molecule has 2 aromatic heterocycles. The zero-order valence-corrected chi connectivity index (χ0v) is 25.0. The Balaban J connectivity index is -0.000000405. The number of imidazole rings is 2. The molecule has 0 saturated carbocycles. The van der Waals surface area contributed by atoms with E-state index in [-0.39, 0.29) is 8.41 Å². The lowest BCUT2D eigenvalue weighted by molar-refractivity contribution is 0.539. The summed E-state index contributed by atoms with van der Waals surface area (Å²) >= 11 is 0. The monoisotopic (exact) mass is 459 g/mol. The summed E-state index contributed by atoms with van der Waals surface area (Å²) in [7, 11) is 0. The smallest absolute Gasteiger partial charge is 0.111 e. The first-order valence-electron chi connectivity index (χ1n) is 12.6. The molecule has 191 valence electrons. The van der Waals surface area contributed by atoms with Gasteiger partial charge in [-0.05, 0) is 53.4 Å². The van der Waals surface area contributed by atoms with E-state index in [1.807, 2.05) is 13.1 Å². The van der Waals surface area contributed by atoms with Crippen molar-refractivity contribution in [2.75, 3.05) is 0 Å². The van der Waals surface area contributed by atoms with Crippen molar-refractivity contribution >= 4 is 8.41 Å². The largest absolute Gasteiger partial charge is 0.332 e. The topological polar surface area (TPSA) is 35.6 Å². The van der Waals surface area contributed by atoms with E-state index < -0.39 is 0 Å². The number of nitrogens with zero attached hydrogens (tertiary/aromatic N) is 4. The predicted molar refractivity (Wildman–Crippen MR) is 150 cm³/mol. The van der Waals surface area contributed by atoms with Gasteiger partial charge in [0.05, 0.1) is 5.69 Å². The highest BCUT2D eigenvalue weighted by molar-refractivity contribution is 5.75. The average molecular weight is 460 g/mol. The van der Waals surface area contributed by atoms with Gasteiger partial charge in [0.15, 0.2) is 0 Å². The Morgan fingerprint density at radius 3 is 1.27 bits per heavy atom. The first kappa shape index (κ1) is 36.1. The highest BCUT2D eigenvalue weighted by Crippen LogP contribution is 2.19. The van der Waals surface area contributed by atoms with Gasteiger partial charge in [0, 0.05) is 50.4 Å². The fourth-order valence-corrected chi connectivity index (χ4v) is 2.94. The van der Waals surface area contributed by atoms with Crippen LogP contribution >= 0.6 is 0 Å². The second kappa shape index (κ2) is 17.9. The molecule has 4 nitrogen and oxygen atoms in total. The molecule has 0 bridgehead atoms. The van der Waals surface area contributed by atoms with Crippen LogP contribution in [0.25, 0.3) is 0 Å². The van der Waals surface area contributed by atoms with Crippen LogP contribution in [0, 0.1) is 25.7 Å². The molecule has 0 N–H and O–H groups in total. The van der Waals surface area contributed by atoms with Gasteiger partial charge < -0.3 is 9.13 Å². The standard InChI is InChI=1S/2C10H18N2.2C4H10.B/c1-7(2)10-11-9(5)6-12(10)8(3)4;1-7(2)10-11-6-9(5)12(10)8(3)4;2*1-4(2)3;/h2*6-8H,1-5H3;2*4H,1-3H3;. The van der Waals surface area contributed by atoms with Crippen LogP contribution in [0.5, 0.6) is 0 Å². The van der Waals surface area contributed by atoms with Crippen LogP contribution in [0.3, 0.4) is 0 Å². The van der Waals surface area contributed by atoms with E-state index in [1.165, 1.54) is 17.3 Å². The van der Waals surface area contributed by atoms with Crippen LogP contribution in [-0.4, -0.2) is 27.5 Å². The molecule has 0 aromatic carbocycles. The lowest BCUT2D eigenvalue weighted by Crippen LogP contribution is -2.09. The van der Waals surface area contributed by atoms with Crippen LogP contribution in [-0.2, 0) is 0 Å². The van der Waals surface area contributed by atoms with Crippen LogP contribution in [0.2, 0.25) is 0 Å². The Hall–Kier alpha value is -1.52. The molecule has 0 spiro atoms. The fraction of sp³-hybridized carbons (Fsp3) is 0.786. The molecule has 0 aliphatic rings. The molecule has 0 atom stereocenters. The summed E-state index contributed by atoms with van der Waals surface area (Å²) in [5, 5.41) is 0.